The van der Waals surface area contributed by atoms with Crippen molar-refractivity contribution in [3.63, 3.8) is 0 Å². The molecule has 0 bridgehead atoms. The highest BCUT2D eigenvalue weighted by atomic mass is 32.2. The first-order valence-corrected chi connectivity index (χ1v) is 7.85. The average molecular weight is 258 g/mol. The molecule has 15 heavy (non-hydrogen) atoms. The largest absolute Gasteiger partial charge is 0.303 e. The molecule has 1 radical (unpaired) electrons. The number of nitrogens with one attached hydrogen (secondary N) is 1. The van der Waals surface area contributed by atoms with Crippen LogP contribution >= 0.6 is 35.2 Å². The molecule has 2 aliphatic heterocycles. The van der Waals surface area contributed by atoms with Gasteiger partial charge in [0.05, 0.1) is 11.1 Å². The van der Waals surface area contributed by atoms with Gasteiger partial charge in [0.15, 0.2) is 0 Å². The molecule has 2 saturated heterocycles. The Bertz CT molecular complexity index is 315. The fraction of sp³-hybridized carbons (Fsp3) is 0.667. The molecule has 3 heterocycles. The van der Waals surface area contributed by atoms with Gasteiger partial charge in [-0.25, -0.2) is 0 Å². The van der Waals surface area contributed by atoms with Gasteiger partial charge < -0.3 is 5.32 Å². The molecule has 3 rings (SSSR count). The van der Waals surface area contributed by atoms with Crippen LogP contribution in [0, 0.1) is 0 Å². The predicted molar refractivity (Wildman–Crippen MR) is 67.2 cm³/mol. The molecular weight excluding hydrogens is 246 g/mol. The first-order chi connectivity index (χ1) is 7.42. The van der Waals surface area contributed by atoms with E-state index in [0.29, 0.717) is 5.37 Å². The summed E-state index contributed by atoms with van der Waals surface area (Å²) in [6, 6.07) is 2.13. The maximum Gasteiger partial charge on any atom is 0.116 e. The molecule has 0 amide bonds. The van der Waals surface area contributed by atoms with Crippen LogP contribution in [-0.4, -0.2) is 27.8 Å². The van der Waals surface area contributed by atoms with Crippen molar-refractivity contribution >= 4 is 35.2 Å². The van der Waals surface area contributed by atoms with Gasteiger partial charge in [-0.1, -0.05) is 11.9 Å². The molecule has 2 aliphatic rings. The van der Waals surface area contributed by atoms with Gasteiger partial charge in [0.2, 0.25) is 0 Å². The number of hydrogen-bond donors (Lipinski definition) is 1. The first-order valence-electron chi connectivity index (χ1n) is 5.02. The Kier molecular flexibility index (Phi) is 2.95. The Morgan fingerprint density at radius 2 is 2.47 bits per heavy atom. The summed E-state index contributed by atoms with van der Waals surface area (Å²) < 4.78 is 9.27. The molecule has 1 aromatic rings. The average Bonchev–Trinajstić information content (AvgIpc) is 3.02. The Morgan fingerprint density at radius 1 is 1.47 bits per heavy atom. The quantitative estimate of drug-likeness (QED) is 0.819. The number of thioether (sulfide) groups is 1. The summed E-state index contributed by atoms with van der Waals surface area (Å²) in [6.45, 7) is 1.10. The summed E-state index contributed by atoms with van der Waals surface area (Å²) in [5.41, 5.74) is 1.09. The normalized spacial score (nSPS) is 36.1. The van der Waals surface area contributed by atoms with Gasteiger partial charge in [0, 0.05) is 23.4 Å². The second-order valence-electron chi connectivity index (χ2n) is 3.69. The molecule has 1 N–H and O–H groups in total. The fourth-order valence-corrected chi connectivity index (χ4v) is 5.00. The van der Waals surface area contributed by atoms with E-state index in [1.54, 1.807) is 11.9 Å². The molecule has 0 aromatic carbocycles. The van der Waals surface area contributed by atoms with Gasteiger partial charge in [-0.2, -0.15) is 9.10 Å². The lowest BCUT2D eigenvalue weighted by Crippen LogP contribution is -2.46. The molecule has 3 nitrogen and oxygen atoms in total. The van der Waals surface area contributed by atoms with E-state index in [-0.39, 0.29) is 5.54 Å². The van der Waals surface area contributed by atoms with E-state index in [0.717, 1.165) is 24.4 Å². The third-order valence-electron chi connectivity index (χ3n) is 2.83. The van der Waals surface area contributed by atoms with E-state index in [4.69, 9.17) is 4.72 Å². The van der Waals surface area contributed by atoms with Crippen LogP contribution < -0.4 is 10.0 Å². The molecule has 2 fully saturated rings. The standard InChI is InChI=1S/C9H12N3S3/c1-4-14-11-7(1)9(2-5-15-12-9)8-10-3-6-13-8/h1,4,8,10H,2-3,5-6H2. The molecule has 0 aliphatic carbocycles. The van der Waals surface area contributed by atoms with Crippen LogP contribution in [0.3, 0.4) is 0 Å². The molecule has 0 spiro atoms. The maximum absolute atomic E-state index is 4.77. The highest BCUT2D eigenvalue weighted by Crippen LogP contribution is 2.43. The summed E-state index contributed by atoms with van der Waals surface area (Å²) in [4.78, 5) is 0. The summed E-state index contributed by atoms with van der Waals surface area (Å²) in [5.74, 6) is 2.31. The van der Waals surface area contributed by atoms with E-state index < -0.39 is 0 Å². The summed E-state index contributed by atoms with van der Waals surface area (Å²) in [5, 5.41) is 6.02. The highest BCUT2D eigenvalue weighted by Gasteiger charge is 2.47. The fourth-order valence-electron chi connectivity index (χ4n) is 2.06. The third kappa shape index (κ3) is 1.72. The third-order valence-corrected chi connectivity index (χ3v) is 5.56. The zero-order chi connectivity index (χ0) is 10.1. The van der Waals surface area contributed by atoms with Crippen molar-refractivity contribution in [1.82, 2.24) is 14.4 Å². The van der Waals surface area contributed by atoms with Crippen molar-refractivity contribution in [3.05, 3.63) is 17.1 Å². The molecule has 2 atom stereocenters. The van der Waals surface area contributed by atoms with Gasteiger partial charge in [-0.15, -0.1) is 11.8 Å². The summed E-state index contributed by atoms with van der Waals surface area (Å²) >= 11 is 5.21. The molecule has 2 unspecified atom stereocenters. The molecular formula is C9H12N3S3. The Hall–Kier alpha value is 0.250. The lowest BCUT2D eigenvalue weighted by molar-refractivity contribution is 0.359. The van der Waals surface area contributed by atoms with Crippen molar-refractivity contribution in [3.8, 4) is 0 Å². The smallest absolute Gasteiger partial charge is 0.116 e. The number of rotatable bonds is 2. The van der Waals surface area contributed by atoms with Gasteiger partial charge >= 0.3 is 0 Å². The van der Waals surface area contributed by atoms with Crippen molar-refractivity contribution in [2.24, 2.45) is 0 Å². The Labute approximate surface area is 102 Å². The van der Waals surface area contributed by atoms with Crippen LogP contribution in [0.25, 0.3) is 0 Å². The van der Waals surface area contributed by atoms with E-state index in [2.05, 4.69) is 21.1 Å². The molecule has 81 valence electrons. The second kappa shape index (κ2) is 4.25. The van der Waals surface area contributed by atoms with Crippen LogP contribution in [0.15, 0.2) is 11.4 Å². The van der Waals surface area contributed by atoms with Crippen molar-refractivity contribution < 1.29 is 0 Å². The van der Waals surface area contributed by atoms with E-state index in [9.17, 15) is 0 Å². The Balaban J connectivity index is 1.94. The number of nitrogens with zero attached hydrogens (tertiary/aromatic N) is 2. The maximum atomic E-state index is 4.77. The monoisotopic (exact) mass is 258 g/mol. The zero-order valence-corrected chi connectivity index (χ0v) is 10.6. The van der Waals surface area contributed by atoms with Gasteiger partial charge in [-0.3, -0.25) is 0 Å². The van der Waals surface area contributed by atoms with Crippen LogP contribution in [-0.2, 0) is 5.54 Å². The second-order valence-corrected chi connectivity index (χ2v) is 6.42. The van der Waals surface area contributed by atoms with Gasteiger partial charge in [0.25, 0.3) is 0 Å². The number of hydrogen-bond acceptors (Lipinski definition) is 5. The Morgan fingerprint density at radius 3 is 3.07 bits per heavy atom. The van der Waals surface area contributed by atoms with E-state index in [1.165, 1.54) is 17.3 Å². The van der Waals surface area contributed by atoms with E-state index >= 15 is 0 Å². The first kappa shape index (κ1) is 10.4. The summed E-state index contributed by atoms with van der Waals surface area (Å²) in [7, 11) is 0. The predicted octanol–water partition coefficient (Wildman–Crippen LogP) is 1.66. The zero-order valence-electron chi connectivity index (χ0n) is 8.18. The minimum atomic E-state index is -0.0637. The minimum absolute atomic E-state index is 0.0637. The van der Waals surface area contributed by atoms with Crippen molar-refractivity contribution in [2.45, 2.75) is 17.3 Å². The van der Waals surface area contributed by atoms with Crippen LogP contribution in [0.2, 0.25) is 0 Å². The molecule has 0 saturated carbocycles. The molecule has 6 heteroatoms. The molecule has 1 aromatic heterocycles. The summed E-state index contributed by atoms with van der Waals surface area (Å²) in [6.07, 6.45) is 1.12. The SMILES string of the molecule is c1cc(C2(C3NCCS3)CCS[N]2)ns1. The van der Waals surface area contributed by atoms with E-state index in [1.807, 2.05) is 11.8 Å². The topological polar surface area (TPSA) is 39.0 Å². The van der Waals surface area contributed by atoms with Crippen LogP contribution in [0.4, 0.5) is 0 Å². The minimum Gasteiger partial charge on any atom is -0.303 e. The van der Waals surface area contributed by atoms with Crippen LogP contribution in [0.1, 0.15) is 12.1 Å². The van der Waals surface area contributed by atoms with Crippen molar-refractivity contribution in [2.75, 3.05) is 18.1 Å². The highest BCUT2D eigenvalue weighted by molar-refractivity contribution is 8.00. The number of aromatic nitrogens is 1. The van der Waals surface area contributed by atoms with Gasteiger partial charge in [0.1, 0.15) is 5.54 Å². The van der Waals surface area contributed by atoms with Crippen LogP contribution in [0.5, 0.6) is 0 Å². The van der Waals surface area contributed by atoms with Crippen molar-refractivity contribution in [1.29, 1.82) is 0 Å². The van der Waals surface area contributed by atoms with Gasteiger partial charge in [-0.05, 0) is 24.0 Å². The lowest BCUT2D eigenvalue weighted by Gasteiger charge is -2.31. The lowest BCUT2D eigenvalue weighted by atomic mass is 9.93.